The maximum atomic E-state index is 11.7. The molecule has 0 saturated heterocycles. The van der Waals surface area contributed by atoms with Crippen LogP contribution < -0.4 is 0 Å². The molecular formula is C25H30O8. The van der Waals surface area contributed by atoms with Crippen molar-refractivity contribution in [2.24, 2.45) is 0 Å². The average molecular weight is 459 g/mol. The Labute approximate surface area is 193 Å². The maximum Gasteiger partial charge on any atom is 0.339 e. The zero-order valence-electron chi connectivity index (χ0n) is 19.4. The van der Waals surface area contributed by atoms with Gasteiger partial charge < -0.3 is 18.9 Å². The van der Waals surface area contributed by atoms with Gasteiger partial charge in [0.05, 0.1) is 49.7 Å². The van der Waals surface area contributed by atoms with Gasteiger partial charge in [-0.1, -0.05) is 44.5 Å². The first kappa shape index (κ1) is 27.4. The highest BCUT2D eigenvalue weighted by Gasteiger charge is 2.18. The molecule has 0 bridgehead atoms. The Morgan fingerprint density at radius 2 is 0.939 bits per heavy atom. The first-order chi connectivity index (χ1) is 15.9. The Hall–Kier alpha value is -3.68. The SMILES string of the molecule is CCCCOC(=O)c1ccccc1C(=O)OC.CCCOC(=O)c1ccccc1C(=O)OC. The molecule has 0 aliphatic carbocycles. The average Bonchev–Trinajstić information content (AvgIpc) is 2.86. The summed E-state index contributed by atoms with van der Waals surface area (Å²) in [6, 6.07) is 12.9. The number of benzene rings is 2. The van der Waals surface area contributed by atoms with E-state index in [0.29, 0.717) is 13.2 Å². The minimum absolute atomic E-state index is 0.228. The maximum absolute atomic E-state index is 11.7. The second-order valence-corrected chi connectivity index (χ2v) is 6.70. The van der Waals surface area contributed by atoms with Crippen LogP contribution in [0.4, 0.5) is 0 Å². The number of unbranched alkanes of at least 4 members (excludes halogenated alkanes) is 1. The van der Waals surface area contributed by atoms with Crippen molar-refractivity contribution in [2.45, 2.75) is 33.1 Å². The number of esters is 4. The van der Waals surface area contributed by atoms with Crippen molar-refractivity contribution < 1.29 is 38.1 Å². The summed E-state index contributed by atoms with van der Waals surface area (Å²) < 4.78 is 19.2. The van der Waals surface area contributed by atoms with Crippen molar-refractivity contribution in [1.29, 1.82) is 0 Å². The molecule has 0 fully saturated rings. The van der Waals surface area contributed by atoms with Crippen molar-refractivity contribution in [1.82, 2.24) is 0 Å². The molecule has 0 aliphatic rings. The van der Waals surface area contributed by atoms with E-state index in [4.69, 9.17) is 9.47 Å². The van der Waals surface area contributed by atoms with Crippen LogP contribution in [0.15, 0.2) is 48.5 Å². The van der Waals surface area contributed by atoms with Crippen LogP contribution in [0.1, 0.15) is 74.5 Å². The monoisotopic (exact) mass is 458 g/mol. The summed E-state index contributed by atoms with van der Waals surface area (Å²) in [7, 11) is 2.55. The first-order valence-electron chi connectivity index (χ1n) is 10.6. The smallest absolute Gasteiger partial charge is 0.339 e. The van der Waals surface area contributed by atoms with Gasteiger partial charge in [-0.3, -0.25) is 0 Å². The fourth-order valence-corrected chi connectivity index (χ4v) is 2.56. The molecule has 0 saturated carbocycles. The number of carbonyl (C=O) groups is 4. The predicted molar refractivity (Wildman–Crippen MR) is 121 cm³/mol. The van der Waals surface area contributed by atoms with Crippen molar-refractivity contribution in [3.63, 3.8) is 0 Å². The van der Waals surface area contributed by atoms with Gasteiger partial charge in [-0.2, -0.15) is 0 Å². The van der Waals surface area contributed by atoms with Crippen LogP contribution in [0.5, 0.6) is 0 Å². The van der Waals surface area contributed by atoms with E-state index in [1.165, 1.54) is 20.3 Å². The summed E-state index contributed by atoms with van der Waals surface area (Å²) in [4.78, 5) is 46.2. The van der Waals surface area contributed by atoms with Crippen molar-refractivity contribution in [3.8, 4) is 0 Å². The first-order valence-corrected chi connectivity index (χ1v) is 10.6. The summed E-state index contributed by atoms with van der Waals surface area (Å²) >= 11 is 0. The molecule has 2 aromatic carbocycles. The van der Waals surface area contributed by atoms with E-state index in [0.717, 1.165) is 19.3 Å². The second-order valence-electron chi connectivity index (χ2n) is 6.70. The molecule has 0 aliphatic heterocycles. The third-order valence-electron chi connectivity index (χ3n) is 4.27. The molecule has 33 heavy (non-hydrogen) atoms. The Balaban J connectivity index is 0.000000331. The predicted octanol–water partition coefficient (Wildman–Crippen LogP) is 4.47. The molecule has 8 heteroatoms. The summed E-state index contributed by atoms with van der Waals surface area (Å²) in [6.45, 7) is 4.62. The lowest BCUT2D eigenvalue weighted by Crippen LogP contribution is -2.13. The Morgan fingerprint density at radius 3 is 1.27 bits per heavy atom. The molecule has 2 rings (SSSR count). The molecule has 0 heterocycles. The van der Waals surface area contributed by atoms with Gasteiger partial charge in [0.2, 0.25) is 0 Å². The van der Waals surface area contributed by atoms with Gasteiger partial charge in [-0.25, -0.2) is 19.2 Å². The minimum Gasteiger partial charge on any atom is -0.465 e. The molecule has 2 aromatic rings. The van der Waals surface area contributed by atoms with Crippen LogP contribution >= 0.6 is 0 Å². The molecule has 0 N–H and O–H groups in total. The van der Waals surface area contributed by atoms with Gasteiger partial charge >= 0.3 is 23.9 Å². The van der Waals surface area contributed by atoms with E-state index in [9.17, 15) is 19.2 Å². The molecule has 0 spiro atoms. The molecule has 178 valence electrons. The summed E-state index contributed by atoms with van der Waals surface area (Å²) in [5.41, 5.74) is 0.945. The van der Waals surface area contributed by atoms with Gasteiger partial charge in [-0.15, -0.1) is 0 Å². The Bertz CT molecular complexity index is 936. The zero-order chi connectivity index (χ0) is 24.6. The fraction of sp³-hybridized carbons (Fsp3) is 0.360. The Kier molecular flexibility index (Phi) is 12.6. The fourth-order valence-electron chi connectivity index (χ4n) is 2.56. The normalized spacial score (nSPS) is 9.70. The van der Waals surface area contributed by atoms with Gasteiger partial charge in [0.25, 0.3) is 0 Å². The largest absolute Gasteiger partial charge is 0.465 e. The number of methoxy groups -OCH3 is 2. The van der Waals surface area contributed by atoms with Crippen molar-refractivity contribution in [2.75, 3.05) is 27.4 Å². The van der Waals surface area contributed by atoms with E-state index in [2.05, 4.69) is 9.47 Å². The quantitative estimate of drug-likeness (QED) is 0.308. The van der Waals surface area contributed by atoms with Crippen LogP contribution in [0.25, 0.3) is 0 Å². The summed E-state index contributed by atoms with van der Waals surface area (Å²) in [6.07, 6.45) is 2.50. The number of rotatable bonds is 9. The molecule has 0 atom stereocenters. The van der Waals surface area contributed by atoms with Crippen LogP contribution in [0.2, 0.25) is 0 Å². The highest BCUT2D eigenvalue weighted by atomic mass is 16.5. The standard InChI is InChI=1S/C13H16O4.C12H14O4/c1-3-4-9-17-13(15)11-8-6-5-7-10(11)12(14)16-2;1-3-8-16-12(14)10-7-5-4-6-9(10)11(13)15-2/h5-8H,3-4,9H2,1-2H3;4-7H,3,8H2,1-2H3. The zero-order valence-corrected chi connectivity index (χ0v) is 19.4. The molecule has 0 amide bonds. The lowest BCUT2D eigenvalue weighted by Gasteiger charge is -2.07. The number of hydrogen-bond donors (Lipinski definition) is 0. The molecule has 0 unspecified atom stereocenters. The van der Waals surface area contributed by atoms with Crippen LogP contribution in [0, 0.1) is 0 Å². The second kappa shape index (κ2) is 15.2. The van der Waals surface area contributed by atoms with Crippen LogP contribution in [0.3, 0.4) is 0 Å². The molecule has 8 nitrogen and oxygen atoms in total. The summed E-state index contributed by atoms with van der Waals surface area (Å²) in [5.74, 6) is -2.06. The van der Waals surface area contributed by atoms with E-state index in [-0.39, 0.29) is 22.3 Å². The van der Waals surface area contributed by atoms with Crippen LogP contribution in [-0.4, -0.2) is 51.3 Å². The third-order valence-corrected chi connectivity index (χ3v) is 4.27. The number of hydrogen-bond acceptors (Lipinski definition) is 8. The van der Waals surface area contributed by atoms with Gasteiger partial charge in [0.1, 0.15) is 0 Å². The van der Waals surface area contributed by atoms with Crippen molar-refractivity contribution >= 4 is 23.9 Å². The molecular weight excluding hydrogens is 428 g/mol. The lowest BCUT2D eigenvalue weighted by molar-refractivity contribution is 0.0480. The highest BCUT2D eigenvalue weighted by Crippen LogP contribution is 2.13. The molecule has 0 radical (unpaired) electrons. The summed E-state index contributed by atoms with van der Waals surface area (Å²) in [5, 5.41) is 0. The lowest BCUT2D eigenvalue weighted by atomic mass is 10.1. The molecule has 0 aromatic heterocycles. The Morgan fingerprint density at radius 1 is 0.576 bits per heavy atom. The van der Waals surface area contributed by atoms with Gasteiger partial charge in [-0.05, 0) is 37.1 Å². The van der Waals surface area contributed by atoms with Gasteiger partial charge in [0, 0.05) is 0 Å². The topological polar surface area (TPSA) is 105 Å². The minimum atomic E-state index is -0.538. The van der Waals surface area contributed by atoms with Gasteiger partial charge in [0.15, 0.2) is 0 Å². The van der Waals surface area contributed by atoms with E-state index in [1.54, 1.807) is 42.5 Å². The number of carbonyl (C=O) groups excluding carboxylic acids is 4. The van der Waals surface area contributed by atoms with Crippen molar-refractivity contribution in [3.05, 3.63) is 70.8 Å². The van der Waals surface area contributed by atoms with E-state index < -0.39 is 23.9 Å². The highest BCUT2D eigenvalue weighted by molar-refractivity contribution is 6.03. The van der Waals surface area contributed by atoms with E-state index >= 15 is 0 Å². The van der Waals surface area contributed by atoms with Crippen LogP contribution in [-0.2, 0) is 18.9 Å². The third kappa shape index (κ3) is 8.76. The van der Waals surface area contributed by atoms with E-state index in [1.807, 2.05) is 13.8 Å². The number of ether oxygens (including phenoxy) is 4.